The van der Waals surface area contributed by atoms with Gasteiger partial charge in [-0.15, -0.1) is 11.3 Å². The molecule has 94 valence electrons. The van der Waals surface area contributed by atoms with E-state index in [1.807, 2.05) is 6.21 Å². The average Bonchev–Trinajstić information content (AvgIpc) is 2.93. The largest absolute Gasteiger partial charge is 0.255 e. The van der Waals surface area contributed by atoms with Crippen LogP contribution in [0.3, 0.4) is 0 Å². The molecule has 1 nitrogen and oxygen atoms in total. The Morgan fingerprint density at radius 3 is 2.63 bits per heavy atom. The third kappa shape index (κ3) is 2.74. The van der Waals surface area contributed by atoms with Gasteiger partial charge in [-0.05, 0) is 41.5 Å². The van der Waals surface area contributed by atoms with Crippen molar-refractivity contribution < 1.29 is 0 Å². The summed E-state index contributed by atoms with van der Waals surface area (Å²) in [5.41, 5.74) is 1.00. The molecule has 1 heterocycles. The minimum atomic E-state index is 1.00. The van der Waals surface area contributed by atoms with Crippen LogP contribution in [0.1, 0.15) is 16.7 Å². The molecule has 0 unspecified atom stereocenters. The van der Waals surface area contributed by atoms with E-state index in [4.69, 9.17) is 0 Å². The van der Waals surface area contributed by atoms with Crippen molar-refractivity contribution in [2.45, 2.75) is 13.3 Å². The predicted molar refractivity (Wildman–Crippen MR) is 84.9 cm³/mol. The van der Waals surface area contributed by atoms with E-state index in [9.17, 15) is 0 Å². The summed E-state index contributed by atoms with van der Waals surface area (Å²) in [4.78, 5) is 7.18. The second-order valence-electron chi connectivity index (χ2n) is 4.45. The van der Waals surface area contributed by atoms with Crippen molar-refractivity contribution in [2.75, 3.05) is 0 Å². The summed E-state index contributed by atoms with van der Waals surface area (Å²) in [5, 5.41) is 2.49. The summed E-state index contributed by atoms with van der Waals surface area (Å²) in [6, 6.07) is 19.0. The Balaban J connectivity index is 1.88. The highest BCUT2D eigenvalue weighted by atomic mass is 32.1. The fourth-order valence-electron chi connectivity index (χ4n) is 2.05. The van der Waals surface area contributed by atoms with Crippen LogP contribution in [0, 0.1) is 0 Å². The molecular formula is C17H15NS. The highest BCUT2D eigenvalue weighted by molar-refractivity contribution is 7.13. The molecule has 0 saturated carbocycles. The maximum atomic E-state index is 4.56. The maximum absolute atomic E-state index is 4.56. The van der Waals surface area contributed by atoms with Gasteiger partial charge in [-0.1, -0.05) is 37.3 Å². The number of rotatable bonds is 3. The summed E-state index contributed by atoms with van der Waals surface area (Å²) < 4.78 is 0. The van der Waals surface area contributed by atoms with Crippen LogP contribution in [-0.4, -0.2) is 6.21 Å². The number of benzene rings is 2. The van der Waals surface area contributed by atoms with Crippen LogP contribution >= 0.6 is 11.3 Å². The third-order valence-electron chi connectivity index (χ3n) is 3.10. The van der Waals surface area contributed by atoms with E-state index in [1.54, 1.807) is 11.3 Å². The standard InChI is InChI=1S/C17H15NS/c1-2-16-9-10-17(19-16)12-18-15-8-7-13-5-3-4-6-14(13)11-15/h3-12H,2H2,1H3. The highest BCUT2D eigenvalue weighted by Gasteiger charge is 1.96. The quantitative estimate of drug-likeness (QED) is 0.576. The van der Waals surface area contributed by atoms with Gasteiger partial charge in [-0.25, -0.2) is 0 Å². The first-order valence-electron chi connectivity index (χ1n) is 6.47. The fraction of sp³-hybridized carbons (Fsp3) is 0.118. The molecule has 3 aromatic rings. The minimum absolute atomic E-state index is 1.00. The number of fused-ring (bicyclic) bond motifs is 1. The molecule has 0 spiro atoms. The van der Waals surface area contributed by atoms with Crippen molar-refractivity contribution in [1.82, 2.24) is 0 Å². The van der Waals surface area contributed by atoms with E-state index in [0.717, 1.165) is 12.1 Å². The lowest BCUT2D eigenvalue weighted by molar-refractivity contribution is 1.19. The summed E-state index contributed by atoms with van der Waals surface area (Å²) in [6.07, 6.45) is 3.04. The molecule has 3 rings (SSSR count). The molecule has 0 aliphatic heterocycles. The Kier molecular flexibility index (Phi) is 3.43. The van der Waals surface area contributed by atoms with Crippen LogP contribution in [-0.2, 0) is 6.42 Å². The average molecular weight is 265 g/mol. The van der Waals surface area contributed by atoms with Gasteiger partial charge >= 0.3 is 0 Å². The fourth-order valence-corrected chi connectivity index (χ4v) is 2.87. The van der Waals surface area contributed by atoms with Gasteiger partial charge in [0.2, 0.25) is 0 Å². The zero-order valence-corrected chi connectivity index (χ0v) is 11.7. The monoisotopic (exact) mass is 265 g/mol. The maximum Gasteiger partial charge on any atom is 0.0636 e. The second kappa shape index (κ2) is 5.37. The molecule has 2 heteroatoms. The van der Waals surface area contributed by atoms with E-state index >= 15 is 0 Å². The van der Waals surface area contributed by atoms with Gasteiger partial charge in [-0.2, -0.15) is 0 Å². The van der Waals surface area contributed by atoms with Gasteiger partial charge in [0.25, 0.3) is 0 Å². The lowest BCUT2D eigenvalue weighted by Crippen LogP contribution is -1.74. The third-order valence-corrected chi connectivity index (χ3v) is 4.27. The van der Waals surface area contributed by atoms with Gasteiger partial charge in [0.05, 0.1) is 5.69 Å². The first kappa shape index (κ1) is 12.1. The molecule has 0 saturated heterocycles. The number of aliphatic imine (C=N–C) groups is 1. The molecule has 0 amide bonds. The van der Waals surface area contributed by atoms with Gasteiger partial charge in [-0.3, -0.25) is 4.99 Å². The van der Waals surface area contributed by atoms with Crippen molar-refractivity contribution in [3.05, 3.63) is 64.4 Å². The topological polar surface area (TPSA) is 12.4 Å². The van der Waals surface area contributed by atoms with Gasteiger partial charge in [0, 0.05) is 16.0 Å². The van der Waals surface area contributed by atoms with Gasteiger partial charge in [0.1, 0.15) is 0 Å². The Morgan fingerprint density at radius 2 is 1.84 bits per heavy atom. The van der Waals surface area contributed by atoms with Crippen molar-refractivity contribution in [2.24, 2.45) is 4.99 Å². The SMILES string of the molecule is CCc1ccc(C=Nc2ccc3ccccc3c2)s1. The number of hydrogen-bond donors (Lipinski definition) is 0. The Bertz CT molecular complexity index is 725. The lowest BCUT2D eigenvalue weighted by Gasteiger charge is -1.98. The molecule has 0 bridgehead atoms. The van der Waals surface area contributed by atoms with Crippen LogP contribution in [0.4, 0.5) is 5.69 Å². The molecule has 0 aliphatic carbocycles. The number of nitrogens with zero attached hydrogens (tertiary/aromatic N) is 1. The smallest absolute Gasteiger partial charge is 0.0636 e. The van der Waals surface area contributed by atoms with Crippen molar-refractivity contribution >= 4 is 34.0 Å². The number of hydrogen-bond acceptors (Lipinski definition) is 2. The molecule has 0 aliphatic rings. The summed E-state index contributed by atoms with van der Waals surface area (Å²) in [5.74, 6) is 0. The molecular weight excluding hydrogens is 250 g/mol. The Labute approximate surface area is 117 Å². The number of thiophene rings is 1. The first-order valence-corrected chi connectivity index (χ1v) is 7.28. The Hall–Kier alpha value is -1.93. The molecule has 0 N–H and O–H groups in total. The van der Waals surface area contributed by atoms with Crippen LogP contribution in [0.25, 0.3) is 10.8 Å². The zero-order chi connectivity index (χ0) is 13.1. The Morgan fingerprint density at radius 1 is 1.00 bits per heavy atom. The van der Waals surface area contributed by atoms with Gasteiger partial charge < -0.3 is 0 Å². The van der Waals surface area contributed by atoms with Crippen LogP contribution in [0.2, 0.25) is 0 Å². The van der Waals surface area contributed by atoms with E-state index < -0.39 is 0 Å². The van der Waals surface area contributed by atoms with Crippen molar-refractivity contribution in [3.8, 4) is 0 Å². The molecule has 0 atom stereocenters. The van der Waals surface area contributed by atoms with E-state index in [0.29, 0.717) is 0 Å². The normalized spacial score (nSPS) is 11.4. The molecule has 1 aromatic heterocycles. The highest BCUT2D eigenvalue weighted by Crippen LogP contribution is 2.22. The van der Waals surface area contributed by atoms with Crippen molar-refractivity contribution in [1.29, 1.82) is 0 Å². The zero-order valence-electron chi connectivity index (χ0n) is 10.8. The summed E-state index contributed by atoms with van der Waals surface area (Å²) >= 11 is 1.81. The number of aryl methyl sites for hydroxylation is 1. The van der Waals surface area contributed by atoms with Crippen LogP contribution < -0.4 is 0 Å². The van der Waals surface area contributed by atoms with E-state index in [2.05, 4.69) is 66.5 Å². The second-order valence-corrected chi connectivity index (χ2v) is 5.65. The minimum Gasteiger partial charge on any atom is -0.255 e. The predicted octanol–water partition coefficient (Wildman–Crippen LogP) is 5.21. The summed E-state index contributed by atoms with van der Waals surface area (Å²) in [7, 11) is 0. The molecule has 0 fully saturated rings. The summed E-state index contributed by atoms with van der Waals surface area (Å²) in [6.45, 7) is 2.18. The molecule has 19 heavy (non-hydrogen) atoms. The van der Waals surface area contributed by atoms with Gasteiger partial charge in [0.15, 0.2) is 0 Å². The molecule has 2 aromatic carbocycles. The lowest BCUT2D eigenvalue weighted by atomic mass is 10.1. The van der Waals surface area contributed by atoms with E-state index in [-0.39, 0.29) is 0 Å². The van der Waals surface area contributed by atoms with Crippen molar-refractivity contribution in [3.63, 3.8) is 0 Å². The first-order chi connectivity index (χ1) is 9.35. The molecule has 0 radical (unpaired) electrons. The van der Waals surface area contributed by atoms with E-state index in [1.165, 1.54) is 20.5 Å². The van der Waals surface area contributed by atoms with Crippen LogP contribution in [0.15, 0.2) is 59.6 Å². The van der Waals surface area contributed by atoms with Crippen LogP contribution in [0.5, 0.6) is 0 Å².